The normalized spacial score (nSPS) is 17.6. The molecule has 130 valence electrons. The first-order valence-electron chi connectivity index (χ1n) is 8.15. The first-order chi connectivity index (χ1) is 11.0. The van der Waals surface area contributed by atoms with Gasteiger partial charge in [0, 0.05) is 19.2 Å². The van der Waals surface area contributed by atoms with Crippen molar-refractivity contribution in [3.8, 4) is 0 Å². The number of hydrogen-bond donors (Lipinski definition) is 1. The topological polar surface area (TPSA) is 24.5 Å². The molecule has 1 saturated heterocycles. The van der Waals surface area contributed by atoms with Crippen molar-refractivity contribution in [3.63, 3.8) is 0 Å². The van der Waals surface area contributed by atoms with Gasteiger partial charge in [0.05, 0.1) is 13.2 Å². The number of alkyl halides is 3. The van der Waals surface area contributed by atoms with Crippen molar-refractivity contribution in [1.29, 1.82) is 0 Å². The predicted octanol–water partition coefficient (Wildman–Crippen LogP) is 3.34. The monoisotopic (exact) mass is 330 g/mol. The highest BCUT2D eigenvalue weighted by Gasteiger charge is 2.32. The number of rotatable bonds is 7. The van der Waals surface area contributed by atoms with Crippen LogP contribution in [-0.4, -0.2) is 43.4 Å². The average Bonchev–Trinajstić information content (AvgIpc) is 2.51. The predicted molar refractivity (Wildman–Crippen MR) is 84.1 cm³/mol. The zero-order chi connectivity index (χ0) is 16.7. The molecule has 1 aliphatic heterocycles. The lowest BCUT2D eigenvalue weighted by Crippen LogP contribution is -2.45. The molecule has 0 atom stereocenters. The van der Waals surface area contributed by atoms with E-state index in [4.69, 9.17) is 4.74 Å². The molecular formula is C17H25F3N2O. The molecule has 1 aromatic carbocycles. The molecule has 0 aromatic heterocycles. The van der Waals surface area contributed by atoms with Crippen LogP contribution >= 0.6 is 0 Å². The summed E-state index contributed by atoms with van der Waals surface area (Å²) in [6, 6.07) is 8.39. The molecule has 23 heavy (non-hydrogen) atoms. The SMILES string of the molecule is CCOCc1ccccc1CNC1CCN(CC(F)(F)F)CC1. The van der Waals surface area contributed by atoms with Crippen LogP contribution in [0.15, 0.2) is 24.3 Å². The molecule has 1 aromatic rings. The van der Waals surface area contributed by atoms with Crippen molar-refractivity contribution in [2.75, 3.05) is 26.2 Å². The van der Waals surface area contributed by atoms with E-state index in [-0.39, 0.29) is 6.04 Å². The van der Waals surface area contributed by atoms with Crippen LogP contribution in [0.4, 0.5) is 13.2 Å². The van der Waals surface area contributed by atoms with Gasteiger partial charge >= 0.3 is 6.18 Å². The minimum absolute atomic E-state index is 0.277. The molecular weight excluding hydrogens is 305 g/mol. The Hall–Kier alpha value is -1.11. The molecule has 0 bridgehead atoms. The van der Waals surface area contributed by atoms with E-state index >= 15 is 0 Å². The van der Waals surface area contributed by atoms with E-state index in [0.29, 0.717) is 26.3 Å². The van der Waals surface area contributed by atoms with Gasteiger partial charge in [-0.1, -0.05) is 24.3 Å². The Bertz CT molecular complexity index is 471. The summed E-state index contributed by atoms with van der Waals surface area (Å²) in [4.78, 5) is 1.49. The van der Waals surface area contributed by atoms with Crippen LogP contribution in [-0.2, 0) is 17.9 Å². The van der Waals surface area contributed by atoms with E-state index in [2.05, 4.69) is 17.4 Å². The fourth-order valence-corrected chi connectivity index (χ4v) is 2.89. The van der Waals surface area contributed by atoms with Crippen molar-refractivity contribution in [2.24, 2.45) is 0 Å². The van der Waals surface area contributed by atoms with Crippen LogP contribution in [0.3, 0.4) is 0 Å². The zero-order valence-corrected chi connectivity index (χ0v) is 13.5. The summed E-state index contributed by atoms with van der Waals surface area (Å²) >= 11 is 0. The van der Waals surface area contributed by atoms with Crippen LogP contribution in [0.1, 0.15) is 30.9 Å². The number of likely N-dealkylation sites (tertiary alicyclic amines) is 1. The Morgan fingerprint density at radius 3 is 2.43 bits per heavy atom. The number of halogens is 3. The molecule has 2 rings (SSSR count). The van der Waals surface area contributed by atoms with Crippen LogP contribution in [0.5, 0.6) is 0 Å². The lowest BCUT2D eigenvalue weighted by Gasteiger charge is -2.33. The lowest BCUT2D eigenvalue weighted by atomic mass is 10.0. The van der Waals surface area contributed by atoms with Crippen molar-refractivity contribution >= 4 is 0 Å². The van der Waals surface area contributed by atoms with Crippen LogP contribution in [0.25, 0.3) is 0 Å². The maximum Gasteiger partial charge on any atom is 0.401 e. The van der Waals surface area contributed by atoms with Gasteiger partial charge in [-0.05, 0) is 44.0 Å². The zero-order valence-electron chi connectivity index (χ0n) is 13.5. The molecule has 1 fully saturated rings. The van der Waals surface area contributed by atoms with E-state index < -0.39 is 12.7 Å². The first kappa shape index (κ1) is 18.2. The first-order valence-corrected chi connectivity index (χ1v) is 8.15. The third kappa shape index (κ3) is 6.49. The fourth-order valence-electron chi connectivity index (χ4n) is 2.89. The van der Waals surface area contributed by atoms with Gasteiger partial charge in [-0.15, -0.1) is 0 Å². The van der Waals surface area contributed by atoms with Crippen molar-refractivity contribution in [2.45, 2.75) is 45.1 Å². The third-order valence-corrected chi connectivity index (χ3v) is 4.15. The molecule has 0 radical (unpaired) electrons. The average molecular weight is 330 g/mol. The largest absolute Gasteiger partial charge is 0.401 e. The van der Waals surface area contributed by atoms with Gasteiger partial charge in [-0.2, -0.15) is 13.2 Å². The Morgan fingerprint density at radius 2 is 1.83 bits per heavy atom. The molecule has 1 heterocycles. The van der Waals surface area contributed by atoms with Gasteiger partial charge in [-0.3, -0.25) is 4.90 Å². The number of benzene rings is 1. The fraction of sp³-hybridized carbons (Fsp3) is 0.647. The van der Waals surface area contributed by atoms with E-state index in [9.17, 15) is 13.2 Å². The van der Waals surface area contributed by atoms with Gasteiger partial charge in [0.2, 0.25) is 0 Å². The molecule has 1 N–H and O–H groups in total. The highest BCUT2D eigenvalue weighted by atomic mass is 19.4. The van der Waals surface area contributed by atoms with Crippen molar-refractivity contribution in [3.05, 3.63) is 35.4 Å². The van der Waals surface area contributed by atoms with Crippen LogP contribution in [0, 0.1) is 0 Å². The number of piperidine rings is 1. The Kier molecular flexibility index (Phi) is 6.87. The molecule has 6 heteroatoms. The maximum absolute atomic E-state index is 12.4. The smallest absolute Gasteiger partial charge is 0.377 e. The van der Waals surface area contributed by atoms with Gasteiger partial charge < -0.3 is 10.1 Å². The summed E-state index contributed by atoms with van der Waals surface area (Å²) in [5, 5.41) is 3.47. The molecule has 3 nitrogen and oxygen atoms in total. The number of ether oxygens (including phenoxy) is 1. The summed E-state index contributed by atoms with van der Waals surface area (Å²) in [6.07, 6.45) is -2.59. The quantitative estimate of drug-likeness (QED) is 0.830. The minimum atomic E-state index is -4.10. The second-order valence-corrected chi connectivity index (χ2v) is 5.95. The third-order valence-electron chi connectivity index (χ3n) is 4.15. The summed E-state index contributed by atoms with van der Waals surface area (Å²) in [5.41, 5.74) is 2.36. The summed E-state index contributed by atoms with van der Waals surface area (Å²) in [7, 11) is 0. The molecule has 0 spiro atoms. The van der Waals surface area contributed by atoms with Crippen molar-refractivity contribution in [1.82, 2.24) is 10.2 Å². The van der Waals surface area contributed by atoms with Crippen molar-refractivity contribution < 1.29 is 17.9 Å². The summed E-state index contributed by atoms with van der Waals surface area (Å²) in [5.74, 6) is 0. The van der Waals surface area contributed by atoms with Gasteiger partial charge in [0.25, 0.3) is 0 Å². The Morgan fingerprint density at radius 1 is 1.17 bits per heavy atom. The molecule has 0 saturated carbocycles. The van der Waals surface area contributed by atoms with Crippen LogP contribution < -0.4 is 5.32 Å². The maximum atomic E-state index is 12.4. The van der Waals surface area contributed by atoms with Crippen LogP contribution in [0.2, 0.25) is 0 Å². The van der Waals surface area contributed by atoms with E-state index in [1.165, 1.54) is 10.5 Å². The lowest BCUT2D eigenvalue weighted by molar-refractivity contribution is -0.148. The summed E-state index contributed by atoms with van der Waals surface area (Å²) < 4.78 is 42.6. The van der Waals surface area contributed by atoms with E-state index in [1.54, 1.807) is 0 Å². The second kappa shape index (κ2) is 8.66. The van der Waals surface area contributed by atoms with Gasteiger partial charge in [0.1, 0.15) is 0 Å². The minimum Gasteiger partial charge on any atom is -0.377 e. The number of nitrogens with zero attached hydrogens (tertiary/aromatic N) is 1. The van der Waals surface area contributed by atoms with E-state index in [1.807, 2.05) is 19.1 Å². The van der Waals surface area contributed by atoms with Gasteiger partial charge in [-0.25, -0.2) is 0 Å². The molecule has 0 unspecified atom stereocenters. The second-order valence-electron chi connectivity index (χ2n) is 5.95. The molecule has 1 aliphatic rings. The Balaban J connectivity index is 1.77. The number of nitrogens with one attached hydrogen (secondary N) is 1. The van der Waals surface area contributed by atoms with E-state index in [0.717, 1.165) is 24.9 Å². The number of hydrogen-bond acceptors (Lipinski definition) is 3. The standard InChI is InChI=1S/C17H25F3N2O/c1-2-23-12-15-6-4-3-5-14(15)11-21-16-7-9-22(10-8-16)13-17(18,19)20/h3-6,16,21H,2,7-13H2,1H3. The summed E-state index contributed by atoms with van der Waals surface area (Å²) in [6.45, 7) is 4.17. The highest BCUT2D eigenvalue weighted by Crippen LogP contribution is 2.20. The Labute approximate surface area is 135 Å². The molecule has 0 amide bonds. The highest BCUT2D eigenvalue weighted by molar-refractivity contribution is 5.26. The van der Waals surface area contributed by atoms with Gasteiger partial charge in [0.15, 0.2) is 0 Å². The molecule has 0 aliphatic carbocycles.